The van der Waals surface area contributed by atoms with Crippen LogP contribution in [0.25, 0.3) is 0 Å². The maximum Gasteiger partial charge on any atom is 0.329 e. The van der Waals surface area contributed by atoms with Gasteiger partial charge in [-0.2, -0.15) is 0 Å². The summed E-state index contributed by atoms with van der Waals surface area (Å²) in [5.74, 6) is -0.115. The molecule has 2 aliphatic rings. The van der Waals surface area contributed by atoms with Crippen molar-refractivity contribution in [2.24, 2.45) is 5.92 Å². The van der Waals surface area contributed by atoms with E-state index in [1.807, 2.05) is 0 Å². The fourth-order valence-electron chi connectivity index (χ4n) is 3.09. The van der Waals surface area contributed by atoms with Gasteiger partial charge in [0.1, 0.15) is 5.75 Å². The predicted molar refractivity (Wildman–Crippen MR) is 76.7 cm³/mol. The summed E-state index contributed by atoms with van der Waals surface area (Å²) in [5.41, 5.74) is 0.546. The summed E-state index contributed by atoms with van der Waals surface area (Å²) in [5, 5.41) is 0. The molecule has 7 heteroatoms. The Kier molecular flexibility index (Phi) is 3.12. The number of ether oxygens (including phenoxy) is 2. The zero-order valence-corrected chi connectivity index (χ0v) is 12.7. The largest absolute Gasteiger partial charge is 0.497 e. The predicted octanol–water partition coefficient (Wildman–Crippen LogP) is 1.17. The van der Waals surface area contributed by atoms with Crippen molar-refractivity contribution in [3.05, 3.63) is 24.3 Å². The summed E-state index contributed by atoms with van der Waals surface area (Å²) >= 11 is 0. The Morgan fingerprint density at radius 3 is 2.52 bits per heavy atom. The number of benzene rings is 1. The molecule has 0 N–H and O–H groups in total. The van der Waals surface area contributed by atoms with Gasteiger partial charge < -0.3 is 9.47 Å². The third kappa shape index (κ3) is 1.83. The molecule has 1 aliphatic carbocycles. The molecule has 1 aliphatic heterocycles. The Hall–Kier alpha value is -1.76. The molecule has 1 saturated carbocycles. The first-order valence-electron chi connectivity index (χ1n) is 6.72. The molecule has 1 aromatic carbocycles. The monoisotopic (exact) mass is 311 g/mol. The topological polar surface area (TPSA) is 72.9 Å². The Morgan fingerprint density at radius 2 is 1.95 bits per heavy atom. The quantitative estimate of drug-likeness (QED) is 0.783. The number of fused-ring (bicyclic) bond motifs is 1. The van der Waals surface area contributed by atoms with Crippen molar-refractivity contribution in [2.45, 2.75) is 17.6 Å². The number of rotatable bonds is 3. The molecule has 1 saturated heterocycles. The lowest BCUT2D eigenvalue weighted by atomic mass is 10.2. The van der Waals surface area contributed by atoms with E-state index in [1.165, 1.54) is 11.4 Å². The molecule has 2 unspecified atom stereocenters. The van der Waals surface area contributed by atoms with Crippen LogP contribution in [0.3, 0.4) is 0 Å². The van der Waals surface area contributed by atoms with E-state index in [0.717, 1.165) is 0 Å². The number of anilines is 1. The first-order valence-corrected chi connectivity index (χ1v) is 8.16. The lowest BCUT2D eigenvalue weighted by Gasteiger charge is -2.32. The second-order valence-corrected chi connectivity index (χ2v) is 7.47. The van der Waals surface area contributed by atoms with Crippen LogP contribution < -0.4 is 9.04 Å². The third-order valence-electron chi connectivity index (χ3n) is 4.37. The van der Waals surface area contributed by atoms with E-state index >= 15 is 0 Å². The van der Waals surface area contributed by atoms with E-state index < -0.39 is 20.7 Å². The van der Waals surface area contributed by atoms with Crippen molar-refractivity contribution >= 4 is 21.7 Å². The van der Waals surface area contributed by atoms with E-state index in [9.17, 15) is 13.2 Å². The number of carbonyl (C=O) groups excluding carboxylic acids is 1. The lowest BCUT2D eigenvalue weighted by Crippen LogP contribution is -2.50. The van der Waals surface area contributed by atoms with Crippen molar-refractivity contribution in [3.63, 3.8) is 0 Å². The second kappa shape index (κ2) is 4.62. The second-order valence-electron chi connectivity index (χ2n) is 5.35. The molecule has 2 fully saturated rings. The minimum atomic E-state index is -3.76. The Labute approximate surface area is 123 Å². The molecule has 0 bridgehead atoms. The van der Waals surface area contributed by atoms with Gasteiger partial charge in [0, 0.05) is 6.54 Å². The highest BCUT2D eigenvalue weighted by Crippen LogP contribution is 2.57. The number of esters is 1. The minimum absolute atomic E-state index is 0.121. The number of nitrogens with zero attached hydrogens (tertiary/aromatic N) is 1. The maximum atomic E-state index is 12.8. The van der Waals surface area contributed by atoms with Gasteiger partial charge in [-0.25, -0.2) is 8.42 Å². The average molecular weight is 311 g/mol. The highest BCUT2D eigenvalue weighted by Gasteiger charge is 2.73. The molecule has 3 rings (SSSR count). The van der Waals surface area contributed by atoms with Gasteiger partial charge in [0.2, 0.25) is 0 Å². The standard InChI is InChI=1S/C14H17NO5S/c1-19-12-5-3-11(4-6-12)15-8-7-10-9-14(10,13(16)20-2)21(15,17)18/h3-6,10H,7-9H2,1-2H3. The number of sulfonamides is 1. The smallest absolute Gasteiger partial charge is 0.329 e. The van der Waals surface area contributed by atoms with Crippen molar-refractivity contribution in [2.75, 3.05) is 25.1 Å². The lowest BCUT2D eigenvalue weighted by molar-refractivity contribution is -0.141. The molecule has 0 aromatic heterocycles. The van der Waals surface area contributed by atoms with Crippen LogP contribution >= 0.6 is 0 Å². The summed E-state index contributed by atoms with van der Waals surface area (Å²) in [4.78, 5) is 12.0. The summed E-state index contributed by atoms with van der Waals surface area (Å²) in [6, 6.07) is 6.78. The molecule has 0 radical (unpaired) electrons. The van der Waals surface area contributed by atoms with E-state index in [4.69, 9.17) is 9.47 Å². The zero-order valence-electron chi connectivity index (χ0n) is 11.9. The molecular formula is C14H17NO5S. The van der Waals surface area contributed by atoms with Gasteiger partial charge in [-0.05, 0) is 43.0 Å². The molecular weight excluding hydrogens is 294 g/mol. The number of carbonyl (C=O) groups is 1. The molecule has 0 amide bonds. The van der Waals surface area contributed by atoms with Crippen LogP contribution in [0.2, 0.25) is 0 Å². The average Bonchev–Trinajstić information content (AvgIpc) is 3.24. The van der Waals surface area contributed by atoms with Gasteiger partial charge in [-0.15, -0.1) is 0 Å². The summed E-state index contributed by atoms with van der Waals surface area (Å²) < 4.78 is 35.4. The van der Waals surface area contributed by atoms with Gasteiger partial charge in [-0.1, -0.05) is 0 Å². The first kappa shape index (κ1) is 14.2. The summed E-state index contributed by atoms with van der Waals surface area (Å²) in [6.07, 6.45) is 1.02. The first-order chi connectivity index (χ1) is 9.97. The van der Waals surface area contributed by atoms with Crippen LogP contribution in [0.1, 0.15) is 12.8 Å². The Morgan fingerprint density at radius 1 is 1.29 bits per heavy atom. The third-order valence-corrected chi connectivity index (χ3v) is 6.93. The van der Waals surface area contributed by atoms with Gasteiger partial charge in [0.05, 0.1) is 19.9 Å². The zero-order chi connectivity index (χ0) is 15.3. The van der Waals surface area contributed by atoms with E-state index in [-0.39, 0.29) is 5.92 Å². The number of methoxy groups -OCH3 is 2. The molecule has 1 aromatic rings. The fraction of sp³-hybridized carbons (Fsp3) is 0.500. The van der Waals surface area contributed by atoms with Gasteiger partial charge in [0.25, 0.3) is 10.0 Å². The summed E-state index contributed by atoms with van der Waals surface area (Å²) in [7, 11) is -0.976. The van der Waals surface area contributed by atoms with E-state index in [1.54, 1.807) is 31.4 Å². The van der Waals surface area contributed by atoms with Crippen LogP contribution in [-0.2, 0) is 19.6 Å². The highest BCUT2D eigenvalue weighted by molar-refractivity contribution is 7.95. The van der Waals surface area contributed by atoms with Gasteiger partial charge >= 0.3 is 5.97 Å². The number of hydrogen-bond acceptors (Lipinski definition) is 5. The van der Waals surface area contributed by atoms with Crippen LogP contribution in [-0.4, -0.2) is 39.9 Å². The Balaban J connectivity index is 1.98. The van der Waals surface area contributed by atoms with Gasteiger partial charge in [0.15, 0.2) is 4.75 Å². The fourth-order valence-corrected chi connectivity index (χ4v) is 5.48. The Bertz CT molecular complexity index is 669. The van der Waals surface area contributed by atoms with E-state index in [0.29, 0.717) is 30.8 Å². The van der Waals surface area contributed by atoms with Crippen molar-refractivity contribution < 1.29 is 22.7 Å². The van der Waals surface area contributed by atoms with Crippen LogP contribution in [0, 0.1) is 5.92 Å². The molecule has 0 spiro atoms. The number of hydrogen-bond donors (Lipinski definition) is 0. The van der Waals surface area contributed by atoms with Crippen LogP contribution in [0.15, 0.2) is 24.3 Å². The van der Waals surface area contributed by atoms with Crippen LogP contribution in [0.5, 0.6) is 5.75 Å². The highest BCUT2D eigenvalue weighted by atomic mass is 32.2. The SMILES string of the molecule is COC(=O)C12CC1CCN(c1ccc(OC)cc1)S2(=O)=O. The molecule has 2 atom stereocenters. The van der Waals surface area contributed by atoms with Crippen molar-refractivity contribution in [3.8, 4) is 5.75 Å². The minimum Gasteiger partial charge on any atom is -0.497 e. The summed E-state index contributed by atoms with van der Waals surface area (Å²) in [6.45, 7) is 0.387. The normalized spacial score (nSPS) is 29.4. The molecule has 21 heavy (non-hydrogen) atoms. The molecule has 114 valence electrons. The maximum absolute atomic E-state index is 12.8. The van der Waals surface area contributed by atoms with Crippen molar-refractivity contribution in [1.29, 1.82) is 0 Å². The molecule has 1 heterocycles. The van der Waals surface area contributed by atoms with Crippen LogP contribution in [0.4, 0.5) is 5.69 Å². The van der Waals surface area contributed by atoms with Crippen molar-refractivity contribution in [1.82, 2.24) is 0 Å². The van der Waals surface area contributed by atoms with Gasteiger partial charge in [-0.3, -0.25) is 9.10 Å². The van der Waals surface area contributed by atoms with E-state index in [2.05, 4.69) is 0 Å². The molecule has 6 nitrogen and oxygen atoms in total.